The molecule has 13 nitrogen and oxygen atoms in total. The van der Waals surface area contributed by atoms with Crippen molar-refractivity contribution in [3.05, 3.63) is 154 Å². The largest absolute Gasteiger partial charge is 0.447 e. The SMILES string of the molecule is CC(C)(C)C[C@]1(c2ccc3nc(C#Cc4ccccc4)ccc3c2)N/C(=N\C(=O)OCc2ccccc2)N([C@H](COC(=O)NC2(C(F)(F)F)CC2)c2ccc(Cl)c(-n3ncnc3C(F)F)c2)C1=O. The Bertz CT molecular complexity index is 2970. The van der Waals surface area contributed by atoms with Crippen molar-refractivity contribution < 1.29 is 45.8 Å². The quantitative estimate of drug-likeness (QED) is 0.0955. The molecule has 3 amide bonds. The lowest BCUT2D eigenvalue weighted by molar-refractivity contribution is -0.164. The third kappa shape index (κ3) is 10.1. The second-order valence-corrected chi connectivity index (χ2v) is 17.9. The van der Waals surface area contributed by atoms with Crippen molar-refractivity contribution in [3.8, 4) is 17.5 Å². The minimum Gasteiger partial charge on any atom is -0.447 e. The molecular weight excluding hydrogens is 911 g/mol. The third-order valence-electron chi connectivity index (χ3n) is 11.3. The summed E-state index contributed by atoms with van der Waals surface area (Å²) in [4.78, 5) is 56.5. The molecule has 2 fully saturated rings. The summed E-state index contributed by atoms with van der Waals surface area (Å²) in [6, 6.07) is 29.3. The molecule has 1 saturated heterocycles. The number of aliphatic imine (C=N–C) groups is 1. The predicted octanol–water partition coefficient (Wildman–Crippen LogP) is 10.1. The van der Waals surface area contributed by atoms with Gasteiger partial charge in [-0.2, -0.15) is 18.3 Å². The van der Waals surface area contributed by atoms with Crippen molar-refractivity contribution in [1.82, 2.24) is 35.3 Å². The Morgan fingerprint density at radius 2 is 1.65 bits per heavy atom. The summed E-state index contributed by atoms with van der Waals surface area (Å²) in [7, 11) is 0. The molecule has 3 heterocycles. The number of aromatic nitrogens is 4. The van der Waals surface area contributed by atoms with Gasteiger partial charge in [-0.15, -0.1) is 4.99 Å². The summed E-state index contributed by atoms with van der Waals surface area (Å²) in [6.07, 6.45) is -10.3. The van der Waals surface area contributed by atoms with Gasteiger partial charge in [0, 0.05) is 10.9 Å². The first-order valence-electron chi connectivity index (χ1n) is 21.2. The van der Waals surface area contributed by atoms with Crippen LogP contribution in [0.4, 0.5) is 31.5 Å². The van der Waals surface area contributed by atoms with Crippen LogP contribution in [0, 0.1) is 17.3 Å². The fraction of sp³-hybridized carbons (Fsp3) is 0.286. The van der Waals surface area contributed by atoms with Gasteiger partial charge >= 0.3 is 18.4 Å². The standard InChI is InChI=1S/C49H42ClF5N8O5/c1-46(2,3)28-48(34-17-21-37-32(24-34)15-19-35(58-37)18-14-30-10-6-4-7-11-30)42(64)62(43(60-48)59-44(65)67-26-31-12-8-5-9-13-31)39(27-68-45(66)61-47(22-23-47)49(53,54)55)33-16-20-36(50)38(25-33)63-41(40(51)52)56-29-57-63/h4-13,15-17,19-21,24-25,29,39-40H,22-23,26-28H2,1-3H3,(H,61,66)(H,59,60,65)/t39-,48-/m1/s1. The van der Waals surface area contributed by atoms with Crippen molar-refractivity contribution in [2.75, 3.05) is 6.61 Å². The van der Waals surface area contributed by atoms with Crippen molar-refractivity contribution in [2.45, 2.75) is 76.4 Å². The molecule has 2 aromatic heterocycles. The molecule has 350 valence electrons. The summed E-state index contributed by atoms with van der Waals surface area (Å²) < 4.78 is 82.1. The number of hydrogen-bond acceptors (Lipinski definition) is 8. The van der Waals surface area contributed by atoms with Crippen LogP contribution in [-0.4, -0.2) is 67.0 Å². The average molecular weight is 953 g/mol. The first-order chi connectivity index (χ1) is 32.3. The van der Waals surface area contributed by atoms with E-state index in [9.17, 15) is 31.5 Å². The van der Waals surface area contributed by atoms with Crippen LogP contribution < -0.4 is 10.6 Å². The normalized spacial score (nSPS) is 17.6. The second-order valence-electron chi connectivity index (χ2n) is 17.5. The van der Waals surface area contributed by atoms with E-state index in [1.807, 2.05) is 56.4 Å². The first-order valence-corrected chi connectivity index (χ1v) is 21.6. The Morgan fingerprint density at radius 1 is 0.926 bits per heavy atom. The summed E-state index contributed by atoms with van der Waals surface area (Å²) in [5, 5.41) is 9.62. The Hall–Kier alpha value is -7.39. The molecule has 0 radical (unpaired) electrons. The number of carbonyl (C=O) groups excluding carboxylic acids is 3. The Morgan fingerprint density at radius 3 is 2.32 bits per heavy atom. The molecule has 0 unspecified atom stereocenters. The average Bonchev–Trinajstić information content (AvgIpc) is 3.84. The number of nitrogens with zero attached hydrogens (tertiary/aromatic N) is 6. The number of hydrogen-bond donors (Lipinski definition) is 2. The van der Waals surface area contributed by atoms with E-state index in [4.69, 9.17) is 26.1 Å². The maximum absolute atomic E-state index is 15.8. The van der Waals surface area contributed by atoms with Crippen LogP contribution in [0.1, 0.15) is 86.3 Å². The highest BCUT2D eigenvalue weighted by Gasteiger charge is 2.65. The van der Waals surface area contributed by atoms with Crippen molar-refractivity contribution in [1.29, 1.82) is 0 Å². The molecule has 19 heteroatoms. The van der Waals surface area contributed by atoms with Gasteiger partial charge in [-0.3, -0.25) is 9.69 Å². The molecule has 0 bridgehead atoms. The zero-order valence-electron chi connectivity index (χ0n) is 36.7. The van der Waals surface area contributed by atoms with Gasteiger partial charge in [0.05, 0.1) is 22.3 Å². The smallest absolute Gasteiger partial charge is 0.437 e. The first kappa shape index (κ1) is 47.1. The number of rotatable bonds is 11. The van der Waals surface area contributed by atoms with E-state index in [2.05, 4.69) is 32.2 Å². The fourth-order valence-electron chi connectivity index (χ4n) is 7.94. The molecule has 6 aromatic rings. The second kappa shape index (κ2) is 18.7. The molecule has 8 rings (SSSR count). The number of benzene rings is 4. The van der Waals surface area contributed by atoms with Crippen LogP contribution in [0.15, 0.2) is 121 Å². The number of alkyl carbamates (subject to hydrolysis) is 1. The Labute approximate surface area is 391 Å². The number of halogens is 6. The minimum absolute atomic E-state index is 0.0533. The van der Waals surface area contributed by atoms with Crippen molar-refractivity contribution in [3.63, 3.8) is 0 Å². The van der Waals surface area contributed by atoms with E-state index in [1.165, 1.54) is 18.2 Å². The summed E-state index contributed by atoms with van der Waals surface area (Å²) in [5.74, 6) is 4.28. The summed E-state index contributed by atoms with van der Waals surface area (Å²) in [5.41, 5.74) is -2.08. The Kier molecular flexibility index (Phi) is 13.0. The number of guanidine groups is 1. The molecule has 2 aliphatic rings. The van der Waals surface area contributed by atoms with Crippen LogP contribution in [0.25, 0.3) is 16.6 Å². The fourth-order valence-corrected chi connectivity index (χ4v) is 8.14. The van der Waals surface area contributed by atoms with Crippen LogP contribution in [0.2, 0.25) is 5.02 Å². The predicted molar refractivity (Wildman–Crippen MR) is 241 cm³/mol. The number of carbonyl (C=O) groups is 3. The van der Waals surface area contributed by atoms with Crippen LogP contribution in [0.5, 0.6) is 0 Å². The van der Waals surface area contributed by atoms with Crippen LogP contribution >= 0.6 is 11.6 Å². The Balaban J connectivity index is 1.25. The maximum Gasteiger partial charge on any atom is 0.437 e. The molecular formula is C49H42ClF5N8O5. The minimum atomic E-state index is -4.79. The van der Waals surface area contributed by atoms with Crippen molar-refractivity contribution in [2.24, 2.45) is 10.4 Å². The highest BCUT2D eigenvalue weighted by molar-refractivity contribution is 6.32. The monoisotopic (exact) mass is 952 g/mol. The number of amides is 3. The van der Waals surface area contributed by atoms with Gasteiger partial charge in [-0.25, -0.2) is 33.0 Å². The van der Waals surface area contributed by atoms with Gasteiger partial charge in [-0.05, 0) is 95.8 Å². The van der Waals surface area contributed by atoms with E-state index in [0.717, 1.165) is 21.5 Å². The lowest BCUT2D eigenvalue weighted by Crippen LogP contribution is -2.49. The molecule has 0 spiro atoms. The van der Waals surface area contributed by atoms with Gasteiger partial charge in [-0.1, -0.05) is 99.0 Å². The third-order valence-corrected chi connectivity index (χ3v) is 11.6. The van der Waals surface area contributed by atoms with Gasteiger partial charge in [0.15, 0.2) is 5.82 Å². The van der Waals surface area contributed by atoms with Crippen molar-refractivity contribution >= 4 is 46.6 Å². The number of nitrogens with one attached hydrogen (secondary N) is 2. The van der Waals surface area contributed by atoms with Gasteiger partial charge in [0.25, 0.3) is 12.3 Å². The van der Waals surface area contributed by atoms with E-state index in [0.29, 0.717) is 27.7 Å². The molecule has 1 aliphatic heterocycles. The van der Waals surface area contributed by atoms with Gasteiger partial charge in [0.1, 0.15) is 36.3 Å². The number of alkyl halides is 5. The zero-order chi connectivity index (χ0) is 48.4. The summed E-state index contributed by atoms with van der Waals surface area (Å²) in [6.45, 7) is 4.63. The van der Waals surface area contributed by atoms with Crippen LogP contribution in [0.3, 0.4) is 0 Å². The lowest BCUT2D eigenvalue weighted by atomic mass is 9.75. The lowest BCUT2D eigenvalue weighted by Gasteiger charge is -2.35. The zero-order valence-corrected chi connectivity index (χ0v) is 37.4. The number of pyridine rings is 1. The summed E-state index contributed by atoms with van der Waals surface area (Å²) >= 11 is 6.57. The maximum atomic E-state index is 15.8. The van der Waals surface area contributed by atoms with Crippen LogP contribution in [-0.2, 0) is 26.4 Å². The molecule has 1 saturated carbocycles. The highest BCUT2D eigenvalue weighted by atomic mass is 35.5. The van der Waals surface area contributed by atoms with Gasteiger partial charge < -0.3 is 20.1 Å². The van der Waals surface area contributed by atoms with E-state index >= 15 is 4.79 Å². The number of fused-ring (bicyclic) bond motifs is 1. The molecule has 1 aliphatic carbocycles. The highest BCUT2D eigenvalue weighted by Crippen LogP contribution is 2.49. The van der Waals surface area contributed by atoms with E-state index < -0.39 is 65.7 Å². The number of ether oxygens (including phenoxy) is 2. The molecule has 2 atom stereocenters. The molecule has 68 heavy (non-hydrogen) atoms. The topological polar surface area (TPSA) is 153 Å². The molecule has 2 N–H and O–H groups in total. The molecule has 4 aromatic carbocycles. The van der Waals surface area contributed by atoms with E-state index in [-0.39, 0.29) is 48.1 Å². The van der Waals surface area contributed by atoms with E-state index in [1.54, 1.807) is 60.7 Å². The van der Waals surface area contributed by atoms with Gasteiger partial charge in [0.2, 0.25) is 5.96 Å².